The number of amides is 1. The minimum absolute atomic E-state index is 0.109. The maximum absolute atomic E-state index is 11.1. The third-order valence-corrected chi connectivity index (χ3v) is 2.11. The van der Waals surface area contributed by atoms with Gasteiger partial charge in [-0.3, -0.25) is 4.79 Å². The number of nitrogens with zero attached hydrogens (tertiary/aromatic N) is 1. The van der Waals surface area contributed by atoms with Crippen molar-refractivity contribution in [1.82, 2.24) is 4.90 Å². The first-order valence-corrected chi connectivity index (χ1v) is 4.88. The van der Waals surface area contributed by atoms with Crippen molar-refractivity contribution in [2.24, 2.45) is 0 Å². The summed E-state index contributed by atoms with van der Waals surface area (Å²) < 4.78 is 10.0. The van der Waals surface area contributed by atoms with Gasteiger partial charge >= 0.3 is 12.1 Å². The number of carbonyl (C=O) groups excluding carboxylic acids is 1. The summed E-state index contributed by atoms with van der Waals surface area (Å²) in [5.41, 5.74) is 0. The van der Waals surface area contributed by atoms with E-state index in [1.165, 1.54) is 4.90 Å². The summed E-state index contributed by atoms with van der Waals surface area (Å²) in [5.74, 6) is -0.352. The summed E-state index contributed by atoms with van der Waals surface area (Å²) in [6, 6.07) is 0. The van der Waals surface area contributed by atoms with Crippen molar-refractivity contribution in [3.8, 4) is 0 Å². The van der Waals surface area contributed by atoms with E-state index >= 15 is 0 Å². The van der Waals surface area contributed by atoms with E-state index < -0.39 is 6.09 Å². The Morgan fingerprint density at radius 1 is 1.60 bits per heavy atom. The molecule has 1 fully saturated rings. The maximum Gasteiger partial charge on any atom is 0.407 e. The Hall–Kier alpha value is -1.30. The van der Waals surface area contributed by atoms with E-state index in [1.807, 2.05) is 0 Å². The molecule has 0 aromatic carbocycles. The quantitative estimate of drug-likeness (QED) is 0.689. The summed E-state index contributed by atoms with van der Waals surface area (Å²) in [6.07, 6.45) is -1.25. The van der Waals surface area contributed by atoms with Gasteiger partial charge < -0.3 is 19.5 Å². The van der Waals surface area contributed by atoms with Crippen molar-refractivity contribution in [3.63, 3.8) is 0 Å². The summed E-state index contributed by atoms with van der Waals surface area (Å²) in [4.78, 5) is 23.0. The molecular weight excluding hydrogens is 202 g/mol. The topological polar surface area (TPSA) is 76.1 Å². The highest BCUT2D eigenvalue weighted by atomic mass is 16.5. The Balaban J connectivity index is 2.36. The molecule has 0 saturated carbocycles. The number of carbonyl (C=O) groups is 2. The van der Waals surface area contributed by atoms with Gasteiger partial charge in [0, 0.05) is 6.54 Å². The van der Waals surface area contributed by atoms with E-state index in [2.05, 4.69) is 0 Å². The third-order valence-electron chi connectivity index (χ3n) is 2.11. The van der Waals surface area contributed by atoms with Gasteiger partial charge in [0.25, 0.3) is 0 Å². The summed E-state index contributed by atoms with van der Waals surface area (Å²) in [6.45, 7) is 2.97. The van der Waals surface area contributed by atoms with Crippen LogP contribution in [-0.2, 0) is 14.3 Å². The highest BCUT2D eigenvalue weighted by Gasteiger charge is 2.25. The lowest BCUT2D eigenvalue weighted by molar-refractivity contribution is -0.147. The van der Waals surface area contributed by atoms with Crippen LogP contribution in [-0.4, -0.2) is 54.5 Å². The van der Waals surface area contributed by atoms with Crippen LogP contribution in [0.15, 0.2) is 0 Å². The third kappa shape index (κ3) is 3.75. The Morgan fingerprint density at radius 2 is 2.33 bits per heavy atom. The molecule has 1 rings (SSSR count). The molecule has 1 unspecified atom stereocenters. The van der Waals surface area contributed by atoms with Gasteiger partial charge in [-0.25, -0.2) is 4.79 Å². The first kappa shape index (κ1) is 11.8. The van der Waals surface area contributed by atoms with Crippen LogP contribution in [0.25, 0.3) is 0 Å². The maximum atomic E-state index is 11.1. The number of hydrogen-bond acceptors (Lipinski definition) is 4. The van der Waals surface area contributed by atoms with Gasteiger partial charge in [0.1, 0.15) is 0 Å². The van der Waals surface area contributed by atoms with Crippen LogP contribution < -0.4 is 0 Å². The van der Waals surface area contributed by atoms with Crippen LogP contribution in [0.2, 0.25) is 0 Å². The van der Waals surface area contributed by atoms with E-state index in [1.54, 1.807) is 6.92 Å². The van der Waals surface area contributed by atoms with Gasteiger partial charge in [-0.05, 0) is 6.92 Å². The van der Waals surface area contributed by atoms with Crippen LogP contribution in [0.5, 0.6) is 0 Å². The van der Waals surface area contributed by atoms with Gasteiger partial charge in [0.2, 0.25) is 0 Å². The predicted octanol–water partition coefficient (Wildman–Crippen LogP) is 0.318. The normalized spacial score (nSPS) is 21.1. The van der Waals surface area contributed by atoms with Crippen molar-refractivity contribution in [1.29, 1.82) is 0 Å². The molecule has 1 saturated heterocycles. The van der Waals surface area contributed by atoms with Crippen LogP contribution >= 0.6 is 0 Å². The number of hydrogen-bond donors (Lipinski definition) is 1. The molecule has 6 nitrogen and oxygen atoms in total. The first-order chi connectivity index (χ1) is 7.13. The van der Waals surface area contributed by atoms with Gasteiger partial charge in [0.15, 0.2) is 0 Å². The molecular formula is C9H15NO5. The molecule has 1 aliphatic rings. The van der Waals surface area contributed by atoms with Crippen LogP contribution in [0.1, 0.15) is 13.3 Å². The zero-order valence-electron chi connectivity index (χ0n) is 8.64. The molecule has 1 aliphatic heterocycles. The molecule has 0 spiro atoms. The number of ether oxygens (including phenoxy) is 2. The number of morpholine rings is 1. The van der Waals surface area contributed by atoms with Crippen molar-refractivity contribution < 1.29 is 24.2 Å². The highest BCUT2D eigenvalue weighted by molar-refractivity contribution is 5.70. The zero-order valence-corrected chi connectivity index (χ0v) is 8.64. The molecule has 0 aromatic heterocycles. The second kappa shape index (κ2) is 5.55. The van der Waals surface area contributed by atoms with E-state index in [0.717, 1.165) is 0 Å². The Labute approximate surface area is 87.8 Å². The molecule has 1 heterocycles. The lowest BCUT2D eigenvalue weighted by atomic mass is 10.2. The lowest BCUT2D eigenvalue weighted by Gasteiger charge is -2.30. The fraction of sp³-hybridized carbons (Fsp3) is 0.778. The van der Waals surface area contributed by atoms with Crippen molar-refractivity contribution in [2.75, 3.05) is 26.3 Å². The Bertz CT molecular complexity index is 243. The molecule has 15 heavy (non-hydrogen) atoms. The van der Waals surface area contributed by atoms with Crippen molar-refractivity contribution in [3.05, 3.63) is 0 Å². The second-order valence-corrected chi connectivity index (χ2v) is 3.23. The molecule has 86 valence electrons. The molecule has 1 amide bonds. The molecule has 1 atom stereocenters. The van der Waals surface area contributed by atoms with Gasteiger partial charge in [-0.2, -0.15) is 0 Å². The fourth-order valence-electron chi connectivity index (χ4n) is 1.42. The lowest BCUT2D eigenvalue weighted by Crippen LogP contribution is -2.45. The van der Waals surface area contributed by atoms with Crippen LogP contribution in [0.4, 0.5) is 4.79 Å². The molecule has 0 radical (unpaired) electrons. The molecule has 0 aliphatic carbocycles. The van der Waals surface area contributed by atoms with Crippen LogP contribution in [0, 0.1) is 0 Å². The van der Waals surface area contributed by atoms with Crippen molar-refractivity contribution in [2.45, 2.75) is 19.4 Å². The van der Waals surface area contributed by atoms with E-state index in [-0.39, 0.29) is 25.0 Å². The van der Waals surface area contributed by atoms with Crippen molar-refractivity contribution >= 4 is 12.1 Å². The monoisotopic (exact) mass is 217 g/mol. The molecule has 6 heteroatoms. The van der Waals surface area contributed by atoms with E-state index in [4.69, 9.17) is 14.6 Å². The summed E-state index contributed by atoms with van der Waals surface area (Å²) in [7, 11) is 0. The average Bonchev–Trinajstić information content (AvgIpc) is 2.18. The summed E-state index contributed by atoms with van der Waals surface area (Å²) >= 11 is 0. The zero-order chi connectivity index (χ0) is 11.3. The Morgan fingerprint density at radius 3 is 2.93 bits per heavy atom. The number of carboxylic acid groups (broad SMARTS) is 1. The molecule has 1 N–H and O–H groups in total. The fourth-order valence-corrected chi connectivity index (χ4v) is 1.42. The van der Waals surface area contributed by atoms with E-state index in [9.17, 15) is 9.59 Å². The van der Waals surface area contributed by atoms with Crippen LogP contribution in [0.3, 0.4) is 0 Å². The largest absolute Gasteiger partial charge is 0.466 e. The SMILES string of the molecule is CCOC(=O)CC1CN(C(=O)O)CCO1. The standard InChI is InChI=1S/C9H15NO5/c1-2-14-8(11)5-7-6-10(9(12)13)3-4-15-7/h7H,2-6H2,1H3,(H,12,13). The van der Waals surface area contributed by atoms with E-state index in [0.29, 0.717) is 19.8 Å². The molecule has 0 aromatic rings. The summed E-state index contributed by atoms with van der Waals surface area (Å²) in [5, 5.41) is 8.75. The van der Waals surface area contributed by atoms with Gasteiger partial charge in [-0.1, -0.05) is 0 Å². The smallest absolute Gasteiger partial charge is 0.407 e. The number of rotatable bonds is 3. The predicted molar refractivity (Wildman–Crippen MR) is 50.6 cm³/mol. The number of esters is 1. The second-order valence-electron chi connectivity index (χ2n) is 3.23. The highest BCUT2D eigenvalue weighted by Crippen LogP contribution is 2.09. The van der Waals surface area contributed by atoms with Gasteiger partial charge in [-0.15, -0.1) is 0 Å². The average molecular weight is 217 g/mol. The minimum Gasteiger partial charge on any atom is -0.466 e. The Kier molecular flexibility index (Phi) is 4.36. The minimum atomic E-state index is -0.979. The molecule has 0 bridgehead atoms. The van der Waals surface area contributed by atoms with Gasteiger partial charge in [0.05, 0.1) is 32.3 Å². The first-order valence-electron chi connectivity index (χ1n) is 4.88.